The lowest BCUT2D eigenvalue weighted by Crippen LogP contribution is -2.42. The van der Waals surface area contributed by atoms with Crippen LogP contribution in [0.15, 0.2) is 34.7 Å². The van der Waals surface area contributed by atoms with Gasteiger partial charge in [0, 0.05) is 13.0 Å². The van der Waals surface area contributed by atoms with Crippen LogP contribution in [0.3, 0.4) is 0 Å². The van der Waals surface area contributed by atoms with Crippen molar-refractivity contribution < 1.29 is 18.8 Å². The standard InChI is InChI=1S/C17H18ClN3O4/c1-10-9-13(11(2)25-10)17(24)21-20-15(22)7-8-19-16(23)12-5-3-4-6-14(12)18/h3-6,9H,7-8H2,1-2H3,(H,19,23)(H,20,22)(H,21,24). The van der Waals surface area contributed by atoms with Gasteiger partial charge in [-0.25, -0.2) is 0 Å². The first-order valence-electron chi connectivity index (χ1n) is 7.57. The molecule has 0 spiro atoms. The third-order valence-electron chi connectivity index (χ3n) is 3.36. The number of halogens is 1. The molecule has 0 fully saturated rings. The van der Waals surface area contributed by atoms with Crippen LogP contribution in [0, 0.1) is 13.8 Å². The number of furan rings is 1. The van der Waals surface area contributed by atoms with E-state index in [0.29, 0.717) is 27.7 Å². The molecule has 25 heavy (non-hydrogen) atoms. The molecule has 0 aliphatic heterocycles. The fraction of sp³-hybridized carbons (Fsp3) is 0.235. The maximum Gasteiger partial charge on any atom is 0.273 e. The largest absolute Gasteiger partial charge is 0.466 e. The molecule has 0 aliphatic carbocycles. The van der Waals surface area contributed by atoms with Crippen LogP contribution < -0.4 is 16.2 Å². The van der Waals surface area contributed by atoms with E-state index in [1.807, 2.05) is 0 Å². The van der Waals surface area contributed by atoms with Crippen LogP contribution in [0.4, 0.5) is 0 Å². The molecular weight excluding hydrogens is 346 g/mol. The Balaban J connectivity index is 1.74. The Bertz CT molecular complexity index is 801. The average Bonchev–Trinajstić information content (AvgIpc) is 2.91. The van der Waals surface area contributed by atoms with Crippen molar-refractivity contribution in [2.24, 2.45) is 0 Å². The number of nitrogens with one attached hydrogen (secondary N) is 3. The summed E-state index contributed by atoms with van der Waals surface area (Å²) in [6.07, 6.45) is -0.000130. The summed E-state index contributed by atoms with van der Waals surface area (Å²) in [6, 6.07) is 8.20. The lowest BCUT2D eigenvalue weighted by atomic mass is 10.2. The van der Waals surface area contributed by atoms with Gasteiger partial charge in [-0.2, -0.15) is 0 Å². The SMILES string of the molecule is Cc1cc(C(=O)NNC(=O)CCNC(=O)c2ccccc2Cl)c(C)o1. The molecule has 3 amide bonds. The van der Waals surface area contributed by atoms with Crippen LogP contribution in [0.1, 0.15) is 38.7 Å². The van der Waals surface area contributed by atoms with E-state index in [9.17, 15) is 14.4 Å². The van der Waals surface area contributed by atoms with Gasteiger partial charge in [0.15, 0.2) is 0 Å². The van der Waals surface area contributed by atoms with E-state index >= 15 is 0 Å². The topological polar surface area (TPSA) is 100 Å². The van der Waals surface area contributed by atoms with E-state index in [-0.39, 0.29) is 18.9 Å². The molecule has 1 aromatic heterocycles. The molecule has 3 N–H and O–H groups in total. The van der Waals surface area contributed by atoms with Crippen molar-refractivity contribution in [3.63, 3.8) is 0 Å². The maximum absolute atomic E-state index is 11.9. The quantitative estimate of drug-likeness (QED) is 0.708. The van der Waals surface area contributed by atoms with Crippen molar-refractivity contribution in [1.82, 2.24) is 16.2 Å². The highest BCUT2D eigenvalue weighted by molar-refractivity contribution is 6.33. The summed E-state index contributed by atoms with van der Waals surface area (Å²) < 4.78 is 5.25. The number of amides is 3. The second kappa shape index (κ2) is 8.34. The second-order valence-electron chi connectivity index (χ2n) is 5.31. The summed E-state index contributed by atoms with van der Waals surface area (Å²) in [5, 5.41) is 2.93. The molecule has 0 atom stereocenters. The smallest absolute Gasteiger partial charge is 0.273 e. The first-order valence-corrected chi connectivity index (χ1v) is 7.95. The van der Waals surface area contributed by atoms with Gasteiger partial charge in [0.25, 0.3) is 11.8 Å². The molecule has 0 radical (unpaired) electrons. The molecule has 2 aromatic rings. The molecule has 1 aromatic carbocycles. The van der Waals surface area contributed by atoms with Crippen molar-refractivity contribution >= 4 is 29.3 Å². The van der Waals surface area contributed by atoms with E-state index < -0.39 is 11.8 Å². The van der Waals surface area contributed by atoms with Gasteiger partial charge in [0.05, 0.1) is 16.1 Å². The molecular formula is C17H18ClN3O4. The fourth-order valence-corrected chi connectivity index (χ4v) is 2.36. The van der Waals surface area contributed by atoms with Crippen LogP contribution in [-0.4, -0.2) is 24.3 Å². The normalized spacial score (nSPS) is 10.2. The Morgan fingerprint density at radius 2 is 1.76 bits per heavy atom. The number of hydrazine groups is 1. The molecule has 8 heteroatoms. The summed E-state index contributed by atoms with van der Waals surface area (Å²) >= 11 is 5.92. The van der Waals surface area contributed by atoms with Gasteiger partial charge >= 0.3 is 0 Å². The van der Waals surface area contributed by atoms with Gasteiger partial charge in [-0.15, -0.1) is 0 Å². The van der Waals surface area contributed by atoms with E-state index in [2.05, 4.69) is 16.2 Å². The molecule has 1 heterocycles. The van der Waals surface area contributed by atoms with Gasteiger partial charge < -0.3 is 9.73 Å². The van der Waals surface area contributed by atoms with Gasteiger partial charge in [0.2, 0.25) is 5.91 Å². The molecule has 0 bridgehead atoms. The zero-order valence-electron chi connectivity index (χ0n) is 13.8. The maximum atomic E-state index is 11.9. The molecule has 0 saturated carbocycles. The number of carbonyl (C=O) groups is 3. The van der Waals surface area contributed by atoms with Crippen molar-refractivity contribution in [1.29, 1.82) is 0 Å². The monoisotopic (exact) mass is 363 g/mol. The number of benzene rings is 1. The minimum absolute atomic E-state index is 0.000130. The second-order valence-corrected chi connectivity index (χ2v) is 5.72. The average molecular weight is 364 g/mol. The lowest BCUT2D eigenvalue weighted by Gasteiger charge is -2.08. The molecule has 7 nitrogen and oxygen atoms in total. The zero-order chi connectivity index (χ0) is 18.4. The van der Waals surface area contributed by atoms with E-state index in [1.165, 1.54) is 0 Å². The van der Waals surface area contributed by atoms with Crippen molar-refractivity contribution in [3.05, 3.63) is 58.0 Å². The summed E-state index contributed by atoms with van der Waals surface area (Å²) in [6.45, 7) is 3.49. The Labute approximate surface area is 149 Å². The molecule has 0 aliphatic rings. The summed E-state index contributed by atoms with van der Waals surface area (Å²) in [5.41, 5.74) is 5.27. The first-order chi connectivity index (χ1) is 11.9. The van der Waals surface area contributed by atoms with Crippen molar-refractivity contribution in [3.8, 4) is 0 Å². The number of carbonyl (C=O) groups excluding carboxylic acids is 3. The van der Waals surface area contributed by atoms with Gasteiger partial charge in [-0.1, -0.05) is 23.7 Å². The van der Waals surface area contributed by atoms with Crippen LogP contribution in [-0.2, 0) is 4.79 Å². The predicted octanol–water partition coefficient (Wildman–Crippen LogP) is 2.13. The van der Waals surface area contributed by atoms with Crippen LogP contribution in [0.5, 0.6) is 0 Å². The van der Waals surface area contributed by atoms with Gasteiger partial charge in [-0.3, -0.25) is 25.2 Å². The highest BCUT2D eigenvalue weighted by Gasteiger charge is 2.14. The molecule has 0 saturated heterocycles. The zero-order valence-corrected chi connectivity index (χ0v) is 14.6. The lowest BCUT2D eigenvalue weighted by molar-refractivity contribution is -0.121. The summed E-state index contributed by atoms with van der Waals surface area (Å²) in [5.74, 6) is -0.201. The van der Waals surface area contributed by atoms with Crippen molar-refractivity contribution in [2.75, 3.05) is 6.54 Å². The Morgan fingerprint density at radius 1 is 1.04 bits per heavy atom. The third kappa shape index (κ3) is 5.09. The van der Waals surface area contributed by atoms with Crippen LogP contribution in [0.25, 0.3) is 0 Å². The Hall–Kier alpha value is -2.80. The fourth-order valence-electron chi connectivity index (χ4n) is 2.14. The number of aryl methyl sites for hydroxylation is 2. The third-order valence-corrected chi connectivity index (χ3v) is 3.69. The minimum Gasteiger partial charge on any atom is -0.466 e. The molecule has 132 valence electrons. The Kier molecular flexibility index (Phi) is 6.19. The van der Waals surface area contributed by atoms with E-state index in [4.69, 9.17) is 16.0 Å². The highest BCUT2D eigenvalue weighted by atomic mass is 35.5. The number of rotatable bonds is 5. The van der Waals surface area contributed by atoms with E-state index in [1.54, 1.807) is 44.2 Å². The summed E-state index contributed by atoms with van der Waals surface area (Å²) in [7, 11) is 0. The number of hydrogen-bond acceptors (Lipinski definition) is 4. The van der Waals surface area contributed by atoms with E-state index in [0.717, 1.165) is 0 Å². The van der Waals surface area contributed by atoms with Gasteiger partial charge in [-0.05, 0) is 32.0 Å². The van der Waals surface area contributed by atoms with Gasteiger partial charge in [0.1, 0.15) is 11.5 Å². The highest BCUT2D eigenvalue weighted by Crippen LogP contribution is 2.14. The first kappa shape index (κ1) is 18.5. The van der Waals surface area contributed by atoms with Crippen LogP contribution in [0.2, 0.25) is 5.02 Å². The Morgan fingerprint density at radius 3 is 2.40 bits per heavy atom. The van der Waals surface area contributed by atoms with Crippen LogP contribution >= 0.6 is 11.6 Å². The summed E-state index contributed by atoms with van der Waals surface area (Å²) in [4.78, 5) is 35.6. The predicted molar refractivity (Wildman–Crippen MR) is 92.2 cm³/mol. The molecule has 2 rings (SSSR count). The molecule has 0 unspecified atom stereocenters. The van der Waals surface area contributed by atoms with Crippen molar-refractivity contribution in [2.45, 2.75) is 20.3 Å². The minimum atomic E-state index is -0.470. The number of hydrogen-bond donors (Lipinski definition) is 3.